The fourth-order valence-electron chi connectivity index (χ4n) is 3.11. The molecule has 5 heteroatoms. The Hall–Kier alpha value is -0.910. The number of hydrogen-bond acceptors (Lipinski definition) is 4. The molecule has 0 radical (unpaired) electrons. The van der Waals surface area contributed by atoms with Crippen molar-refractivity contribution in [2.75, 3.05) is 19.3 Å². The lowest BCUT2D eigenvalue weighted by Crippen LogP contribution is -2.42. The molecule has 1 aliphatic rings. The number of nitrogens with one attached hydrogen (secondary N) is 1. The predicted molar refractivity (Wildman–Crippen MR) is 80.3 cm³/mol. The van der Waals surface area contributed by atoms with E-state index in [1.165, 1.54) is 11.1 Å². The molecule has 1 aliphatic heterocycles. The molecule has 2 rings (SSSR count). The van der Waals surface area contributed by atoms with E-state index < -0.39 is 10.1 Å². The molecule has 4 nitrogen and oxygen atoms in total. The van der Waals surface area contributed by atoms with Crippen molar-refractivity contribution in [2.45, 2.75) is 32.3 Å². The van der Waals surface area contributed by atoms with Crippen LogP contribution in [0.1, 0.15) is 30.4 Å². The second-order valence-corrected chi connectivity index (χ2v) is 7.23. The van der Waals surface area contributed by atoms with Crippen LogP contribution in [0.3, 0.4) is 0 Å². The fraction of sp³-hybridized carbons (Fsp3) is 0.600. The van der Waals surface area contributed by atoms with Crippen LogP contribution in [0.5, 0.6) is 0 Å². The highest BCUT2D eigenvalue weighted by Gasteiger charge is 2.33. The quantitative estimate of drug-likeness (QED) is 0.864. The van der Waals surface area contributed by atoms with Gasteiger partial charge in [0.05, 0.1) is 12.4 Å². The molecular weight excluding hydrogens is 274 g/mol. The van der Waals surface area contributed by atoms with Crippen molar-refractivity contribution in [3.8, 4) is 0 Å². The second kappa shape index (κ2) is 6.24. The maximum atomic E-state index is 11.4. The van der Waals surface area contributed by atoms with E-state index in [1.54, 1.807) is 0 Å². The Morgan fingerprint density at radius 1 is 1.35 bits per heavy atom. The Morgan fingerprint density at radius 2 is 2.05 bits per heavy atom. The van der Waals surface area contributed by atoms with Crippen molar-refractivity contribution in [3.05, 3.63) is 35.4 Å². The van der Waals surface area contributed by atoms with Crippen LogP contribution < -0.4 is 5.32 Å². The van der Waals surface area contributed by atoms with Gasteiger partial charge in [0.1, 0.15) is 0 Å². The van der Waals surface area contributed by atoms with Crippen LogP contribution in [-0.4, -0.2) is 33.9 Å². The summed E-state index contributed by atoms with van der Waals surface area (Å²) in [4.78, 5) is 0. The van der Waals surface area contributed by atoms with Crippen LogP contribution in [0, 0.1) is 12.8 Å². The molecule has 20 heavy (non-hydrogen) atoms. The summed E-state index contributed by atoms with van der Waals surface area (Å²) in [6, 6.07) is 8.33. The number of aryl methyl sites for hydroxylation is 1. The minimum absolute atomic E-state index is 0.166. The molecule has 0 aromatic heterocycles. The molecule has 0 amide bonds. The van der Waals surface area contributed by atoms with Gasteiger partial charge in [-0.25, -0.2) is 0 Å². The third-order valence-corrected chi connectivity index (χ3v) is 4.70. The predicted octanol–water partition coefficient (Wildman–Crippen LogP) is 2.05. The monoisotopic (exact) mass is 297 g/mol. The first-order valence-electron chi connectivity index (χ1n) is 7.03. The van der Waals surface area contributed by atoms with Crippen molar-refractivity contribution in [1.82, 2.24) is 5.32 Å². The molecule has 0 saturated carbocycles. The van der Waals surface area contributed by atoms with E-state index in [9.17, 15) is 8.42 Å². The lowest BCUT2D eigenvalue weighted by molar-refractivity contribution is 0.123. The molecule has 112 valence electrons. The van der Waals surface area contributed by atoms with Crippen LogP contribution in [0.15, 0.2) is 24.3 Å². The second-order valence-electron chi connectivity index (χ2n) is 5.63. The minimum atomic E-state index is -3.42. The summed E-state index contributed by atoms with van der Waals surface area (Å²) in [6.45, 7) is 5.71. The molecule has 0 aliphatic carbocycles. The van der Waals surface area contributed by atoms with Crippen molar-refractivity contribution in [2.24, 2.45) is 5.92 Å². The molecule has 1 fully saturated rings. The van der Waals surface area contributed by atoms with Crippen LogP contribution >= 0.6 is 0 Å². The summed E-state index contributed by atoms with van der Waals surface area (Å²) < 4.78 is 27.9. The van der Waals surface area contributed by atoms with Crippen LogP contribution in [0.4, 0.5) is 0 Å². The van der Waals surface area contributed by atoms with Crippen LogP contribution in [-0.2, 0) is 14.3 Å². The average molecular weight is 297 g/mol. The Balaban J connectivity index is 2.23. The van der Waals surface area contributed by atoms with E-state index in [2.05, 4.69) is 24.4 Å². The summed E-state index contributed by atoms with van der Waals surface area (Å²) in [6.07, 6.45) is 1.80. The summed E-state index contributed by atoms with van der Waals surface area (Å²) >= 11 is 0. The van der Waals surface area contributed by atoms with E-state index >= 15 is 0 Å². The zero-order valence-electron chi connectivity index (χ0n) is 12.3. The first-order chi connectivity index (χ1) is 9.38. The van der Waals surface area contributed by atoms with Gasteiger partial charge in [-0.15, -0.1) is 0 Å². The highest BCUT2D eigenvalue weighted by molar-refractivity contribution is 7.86. The van der Waals surface area contributed by atoms with Gasteiger partial charge in [0.2, 0.25) is 0 Å². The molecule has 3 atom stereocenters. The molecule has 3 unspecified atom stereocenters. The highest BCUT2D eigenvalue weighted by atomic mass is 32.2. The third kappa shape index (κ3) is 3.81. The number of rotatable bonds is 4. The first kappa shape index (κ1) is 15.5. The minimum Gasteiger partial charge on any atom is -0.316 e. The van der Waals surface area contributed by atoms with E-state index in [-0.39, 0.29) is 12.0 Å². The van der Waals surface area contributed by atoms with Gasteiger partial charge in [-0.3, -0.25) is 4.18 Å². The van der Waals surface area contributed by atoms with E-state index in [1.807, 2.05) is 19.1 Å². The van der Waals surface area contributed by atoms with Gasteiger partial charge < -0.3 is 5.32 Å². The normalized spacial score (nSPS) is 25.4. The molecule has 1 saturated heterocycles. The van der Waals surface area contributed by atoms with Gasteiger partial charge in [-0.1, -0.05) is 24.3 Å². The van der Waals surface area contributed by atoms with E-state index in [0.29, 0.717) is 5.92 Å². The average Bonchev–Trinajstić information content (AvgIpc) is 2.37. The smallest absolute Gasteiger partial charge is 0.264 e. The summed E-state index contributed by atoms with van der Waals surface area (Å²) in [5.41, 5.74) is 2.57. The lowest BCUT2D eigenvalue weighted by Gasteiger charge is -2.36. The Labute approximate surface area is 121 Å². The summed E-state index contributed by atoms with van der Waals surface area (Å²) in [5.74, 6) is 0.508. The molecule has 0 spiro atoms. The van der Waals surface area contributed by atoms with Gasteiger partial charge in [0.25, 0.3) is 10.1 Å². The van der Waals surface area contributed by atoms with Gasteiger partial charge in [0, 0.05) is 12.5 Å². The SMILES string of the molecule is Cc1ccccc1C1CCNCC1C(C)OS(C)(=O)=O. The molecular formula is C15H23NO3S. The van der Waals surface area contributed by atoms with Crippen LogP contribution in [0.2, 0.25) is 0 Å². The molecule has 1 aromatic carbocycles. The Morgan fingerprint density at radius 3 is 2.70 bits per heavy atom. The fourth-order valence-corrected chi connectivity index (χ4v) is 3.81. The van der Waals surface area contributed by atoms with Crippen molar-refractivity contribution >= 4 is 10.1 Å². The van der Waals surface area contributed by atoms with Gasteiger partial charge in [0.15, 0.2) is 0 Å². The lowest BCUT2D eigenvalue weighted by atomic mass is 9.77. The van der Waals surface area contributed by atoms with Gasteiger partial charge in [-0.05, 0) is 43.9 Å². The number of benzene rings is 1. The zero-order chi connectivity index (χ0) is 14.8. The van der Waals surface area contributed by atoms with Crippen molar-refractivity contribution in [1.29, 1.82) is 0 Å². The Bertz CT molecular complexity index is 556. The number of hydrogen-bond donors (Lipinski definition) is 1. The number of piperidine rings is 1. The standard InChI is InChI=1S/C15H23NO3S/c1-11-6-4-5-7-13(11)14-8-9-16-10-15(14)12(2)19-20(3,17)18/h4-7,12,14-16H,8-10H2,1-3H3. The summed E-state index contributed by atoms with van der Waals surface area (Å²) in [5, 5.41) is 3.35. The Kier molecular flexibility index (Phi) is 4.83. The first-order valence-corrected chi connectivity index (χ1v) is 8.84. The van der Waals surface area contributed by atoms with Gasteiger partial charge in [-0.2, -0.15) is 8.42 Å². The molecule has 1 aromatic rings. The van der Waals surface area contributed by atoms with Crippen molar-refractivity contribution < 1.29 is 12.6 Å². The maximum Gasteiger partial charge on any atom is 0.264 e. The largest absolute Gasteiger partial charge is 0.316 e. The molecule has 1 N–H and O–H groups in total. The van der Waals surface area contributed by atoms with Crippen LogP contribution in [0.25, 0.3) is 0 Å². The van der Waals surface area contributed by atoms with Gasteiger partial charge >= 0.3 is 0 Å². The topological polar surface area (TPSA) is 55.4 Å². The maximum absolute atomic E-state index is 11.4. The third-order valence-electron chi connectivity index (χ3n) is 4.05. The molecule has 1 heterocycles. The zero-order valence-corrected chi connectivity index (χ0v) is 13.1. The van der Waals surface area contributed by atoms with E-state index in [4.69, 9.17) is 4.18 Å². The van der Waals surface area contributed by atoms with E-state index in [0.717, 1.165) is 25.8 Å². The summed E-state index contributed by atoms with van der Waals surface area (Å²) in [7, 11) is -3.42. The van der Waals surface area contributed by atoms with Crippen molar-refractivity contribution in [3.63, 3.8) is 0 Å². The molecule has 0 bridgehead atoms. The highest BCUT2D eigenvalue weighted by Crippen LogP contribution is 2.35.